The average Bonchev–Trinajstić information content (AvgIpc) is 2.57. The third-order valence-corrected chi connectivity index (χ3v) is 6.11. The second kappa shape index (κ2) is 8.25. The molecule has 2 rings (SSSR count). The number of nitrogens with one attached hydrogen (secondary N) is 2. The number of benzene rings is 2. The molecule has 2 aromatic rings. The van der Waals surface area contributed by atoms with Crippen LogP contribution in [-0.4, -0.2) is 46.9 Å². The van der Waals surface area contributed by atoms with Crippen LogP contribution in [0, 0.1) is 12.7 Å². The van der Waals surface area contributed by atoms with E-state index in [9.17, 15) is 26.0 Å². The normalized spacial score (nSPS) is 12.0. The first-order valence-corrected chi connectivity index (χ1v) is 11.3. The van der Waals surface area contributed by atoms with Crippen molar-refractivity contribution in [3.63, 3.8) is 0 Å². The molecule has 0 unspecified atom stereocenters. The van der Waals surface area contributed by atoms with Gasteiger partial charge in [0.25, 0.3) is 0 Å². The van der Waals surface area contributed by atoms with Gasteiger partial charge in [0, 0.05) is 12.7 Å². The summed E-state index contributed by atoms with van der Waals surface area (Å²) in [6.45, 7) is 1.21. The zero-order chi connectivity index (χ0) is 21.1. The van der Waals surface area contributed by atoms with Crippen LogP contribution in [0.4, 0.5) is 15.8 Å². The van der Waals surface area contributed by atoms with Crippen molar-refractivity contribution in [1.82, 2.24) is 4.31 Å². The van der Waals surface area contributed by atoms with Crippen LogP contribution in [0.25, 0.3) is 0 Å². The number of likely N-dealkylation sites (N-methyl/N-ethyl adjacent to an activating group) is 1. The van der Waals surface area contributed by atoms with Gasteiger partial charge >= 0.3 is 0 Å². The fraction of sp³-hybridized carbons (Fsp3) is 0.235. The van der Waals surface area contributed by atoms with Crippen molar-refractivity contribution in [3.05, 3.63) is 53.8 Å². The second-order valence-electron chi connectivity index (χ2n) is 6.17. The van der Waals surface area contributed by atoms with Gasteiger partial charge in [-0.2, -0.15) is 4.31 Å². The molecule has 0 radical (unpaired) electrons. The Kier molecular flexibility index (Phi) is 6.42. The molecule has 0 spiro atoms. The van der Waals surface area contributed by atoms with Crippen molar-refractivity contribution in [1.29, 1.82) is 0 Å². The standard InChI is InChI=1S/C17H20FN3O5S2/c1-12-4-7-14(10-16(12)20-27(3,23)24)19-17(22)11-21(2)28(25,26)15-8-5-13(18)6-9-15/h4-10,20H,11H2,1-3H3,(H,19,22). The van der Waals surface area contributed by atoms with E-state index in [-0.39, 0.29) is 4.90 Å². The van der Waals surface area contributed by atoms with Gasteiger partial charge in [-0.15, -0.1) is 0 Å². The smallest absolute Gasteiger partial charge is 0.243 e. The maximum absolute atomic E-state index is 13.0. The molecule has 28 heavy (non-hydrogen) atoms. The largest absolute Gasteiger partial charge is 0.325 e. The van der Waals surface area contributed by atoms with E-state index >= 15 is 0 Å². The number of amides is 1. The maximum Gasteiger partial charge on any atom is 0.243 e. The molecule has 152 valence electrons. The highest BCUT2D eigenvalue weighted by Gasteiger charge is 2.23. The summed E-state index contributed by atoms with van der Waals surface area (Å²) in [5.74, 6) is -1.19. The molecule has 0 heterocycles. The van der Waals surface area contributed by atoms with Gasteiger partial charge in [0.05, 0.1) is 23.4 Å². The van der Waals surface area contributed by atoms with Gasteiger partial charge in [-0.3, -0.25) is 9.52 Å². The molecule has 0 saturated heterocycles. The van der Waals surface area contributed by atoms with Crippen LogP contribution in [0.3, 0.4) is 0 Å². The van der Waals surface area contributed by atoms with Crippen molar-refractivity contribution in [2.45, 2.75) is 11.8 Å². The predicted molar refractivity (Wildman–Crippen MR) is 104 cm³/mol. The van der Waals surface area contributed by atoms with Gasteiger partial charge in [0.2, 0.25) is 26.0 Å². The lowest BCUT2D eigenvalue weighted by atomic mass is 10.2. The summed E-state index contributed by atoms with van der Waals surface area (Å²) in [6.07, 6.45) is 1.01. The van der Waals surface area contributed by atoms with E-state index in [0.29, 0.717) is 16.9 Å². The molecule has 0 saturated carbocycles. The molecule has 1 amide bonds. The van der Waals surface area contributed by atoms with Crippen LogP contribution in [-0.2, 0) is 24.8 Å². The molecular weight excluding hydrogens is 409 g/mol. The predicted octanol–water partition coefficient (Wildman–Crippen LogP) is 1.76. The van der Waals surface area contributed by atoms with Crippen LogP contribution in [0.5, 0.6) is 0 Å². The Labute approximate surface area is 163 Å². The Balaban J connectivity index is 2.11. The molecule has 0 aliphatic carbocycles. The highest BCUT2D eigenvalue weighted by molar-refractivity contribution is 7.92. The molecule has 2 N–H and O–H groups in total. The van der Waals surface area contributed by atoms with Gasteiger partial charge < -0.3 is 5.32 Å². The number of anilines is 2. The Morgan fingerprint density at radius 2 is 1.68 bits per heavy atom. The molecule has 0 aliphatic rings. The van der Waals surface area contributed by atoms with E-state index in [1.165, 1.54) is 13.1 Å². The van der Waals surface area contributed by atoms with Crippen LogP contribution in [0.2, 0.25) is 0 Å². The van der Waals surface area contributed by atoms with Crippen molar-refractivity contribution in [3.8, 4) is 0 Å². The van der Waals surface area contributed by atoms with E-state index < -0.39 is 38.3 Å². The van der Waals surface area contributed by atoms with E-state index in [2.05, 4.69) is 10.0 Å². The molecular formula is C17H20FN3O5S2. The number of halogens is 1. The van der Waals surface area contributed by atoms with Crippen molar-refractivity contribution < 1.29 is 26.0 Å². The first kappa shape index (κ1) is 21.8. The van der Waals surface area contributed by atoms with Crippen molar-refractivity contribution in [2.75, 3.05) is 29.9 Å². The summed E-state index contributed by atoms with van der Waals surface area (Å²) in [4.78, 5) is 12.1. The molecule has 0 aromatic heterocycles. The lowest BCUT2D eigenvalue weighted by Gasteiger charge is -2.17. The lowest BCUT2D eigenvalue weighted by Crippen LogP contribution is -2.35. The summed E-state index contributed by atoms with van der Waals surface area (Å²) in [7, 11) is -6.24. The number of carbonyl (C=O) groups excluding carboxylic acids is 1. The first-order valence-electron chi connectivity index (χ1n) is 7.99. The number of aryl methyl sites for hydroxylation is 1. The number of hydrogen-bond acceptors (Lipinski definition) is 5. The van der Waals surface area contributed by atoms with Crippen LogP contribution >= 0.6 is 0 Å². The SMILES string of the molecule is Cc1ccc(NC(=O)CN(C)S(=O)(=O)c2ccc(F)cc2)cc1NS(C)(=O)=O. The average molecular weight is 429 g/mol. The molecule has 2 aromatic carbocycles. The fourth-order valence-electron chi connectivity index (χ4n) is 2.28. The lowest BCUT2D eigenvalue weighted by molar-refractivity contribution is -0.116. The number of rotatable bonds is 7. The number of hydrogen-bond donors (Lipinski definition) is 2. The van der Waals surface area contributed by atoms with Gasteiger partial charge in [-0.05, 0) is 48.9 Å². The third kappa shape index (κ3) is 5.75. The van der Waals surface area contributed by atoms with Crippen molar-refractivity contribution >= 4 is 37.3 Å². The molecule has 11 heteroatoms. The minimum absolute atomic E-state index is 0.140. The summed E-state index contributed by atoms with van der Waals surface area (Å²) >= 11 is 0. The van der Waals surface area contributed by atoms with Gasteiger partial charge in [0.1, 0.15) is 5.82 Å². The topological polar surface area (TPSA) is 113 Å². The number of sulfonamides is 2. The number of carbonyl (C=O) groups is 1. The molecule has 0 atom stereocenters. The molecule has 8 nitrogen and oxygen atoms in total. The van der Waals surface area contributed by atoms with E-state index in [0.717, 1.165) is 34.8 Å². The Morgan fingerprint density at radius 3 is 2.25 bits per heavy atom. The minimum Gasteiger partial charge on any atom is -0.325 e. The maximum atomic E-state index is 13.0. The summed E-state index contributed by atoms with van der Waals surface area (Å²) in [5, 5.41) is 2.52. The highest BCUT2D eigenvalue weighted by Crippen LogP contribution is 2.21. The van der Waals surface area contributed by atoms with E-state index in [1.807, 2.05) is 0 Å². The monoisotopic (exact) mass is 429 g/mol. The van der Waals surface area contributed by atoms with E-state index in [1.54, 1.807) is 19.1 Å². The summed E-state index contributed by atoms with van der Waals surface area (Å²) in [5.41, 5.74) is 1.25. The minimum atomic E-state index is -3.97. The second-order valence-corrected chi connectivity index (χ2v) is 9.96. The summed E-state index contributed by atoms with van der Waals surface area (Å²) in [6, 6.07) is 8.87. The third-order valence-electron chi connectivity index (χ3n) is 3.70. The van der Waals surface area contributed by atoms with Crippen LogP contribution < -0.4 is 10.0 Å². The first-order chi connectivity index (χ1) is 12.9. The molecule has 0 bridgehead atoms. The summed E-state index contributed by atoms with van der Waals surface area (Å²) < 4.78 is 63.8. The Hall–Kier alpha value is -2.50. The van der Waals surface area contributed by atoms with Crippen LogP contribution in [0.1, 0.15) is 5.56 Å². The zero-order valence-corrected chi connectivity index (χ0v) is 17.1. The fourth-order valence-corrected chi connectivity index (χ4v) is 4.03. The molecule has 0 fully saturated rings. The van der Waals surface area contributed by atoms with Gasteiger partial charge in [-0.25, -0.2) is 21.2 Å². The highest BCUT2D eigenvalue weighted by atomic mass is 32.2. The van der Waals surface area contributed by atoms with E-state index in [4.69, 9.17) is 0 Å². The van der Waals surface area contributed by atoms with Gasteiger partial charge in [-0.1, -0.05) is 6.07 Å². The Morgan fingerprint density at radius 1 is 1.07 bits per heavy atom. The van der Waals surface area contributed by atoms with Crippen molar-refractivity contribution in [2.24, 2.45) is 0 Å². The zero-order valence-electron chi connectivity index (χ0n) is 15.4. The molecule has 0 aliphatic heterocycles. The Bertz CT molecular complexity index is 1080. The number of nitrogens with zero attached hydrogens (tertiary/aromatic N) is 1. The van der Waals surface area contributed by atoms with Crippen LogP contribution in [0.15, 0.2) is 47.4 Å². The quantitative estimate of drug-likeness (QED) is 0.697. The van der Waals surface area contributed by atoms with Gasteiger partial charge in [0.15, 0.2) is 0 Å².